The van der Waals surface area contributed by atoms with Gasteiger partial charge in [0.1, 0.15) is 17.5 Å². The summed E-state index contributed by atoms with van der Waals surface area (Å²) in [5.41, 5.74) is -0.797. The fraction of sp³-hybridized carbons (Fsp3) is 0.0476. The van der Waals surface area contributed by atoms with E-state index in [-0.39, 0.29) is 22.2 Å². The largest absolute Gasteiger partial charge is 0.345 e. The molecule has 3 aromatic heterocycles. The summed E-state index contributed by atoms with van der Waals surface area (Å²) in [5.74, 6) is -4.02. The number of pyridine rings is 2. The van der Waals surface area contributed by atoms with E-state index in [4.69, 9.17) is 5.26 Å². The van der Waals surface area contributed by atoms with Crippen LogP contribution in [-0.4, -0.2) is 29.2 Å². The number of nitrogens with zero attached hydrogens (tertiary/aromatic N) is 3. The summed E-state index contributed by atoms with van der Waals surface area (Å²) in [5, 5.41) is 9.25. The second-order valence-electron chi connectivity index (χ2n) is 6.76. The summed E-state index contributed by atoms with van der Waals surface area (Å²) in [6.07, 6.45) is 5.33. The molecule has 11 heteroatoms. The van der Waals surface area contributed by atoms with Gasteiger partial charge in [-0.2, -0.15) is 5.26 Å². The number of hydrogen-bond donors (Lipinski definition) is 2. The predicted octanol–water partition coefficient (Wildman–Crippen LogP) is 3.28. The van der Waals surface area contributed by atoms with Gasteiger partial charge in [0.25, 0.3) is 0 Å². The van der Waals surface area contributed by atoms with E-state index in [2.05, 4.69) is 19.7 Å². The quantitative estimate of drug-likeness (QED) is 0.431. The summed E-state index contributed by atoms with van der Waals surface area (Å²) in [6, 6.07) is 7.90. The Bertz CT molecular complexity index is 1500. The van der Waals surface area contributed by atoms with Crippen LogP contribution in [0.4, 0.5) is 14.5 Å². The molecule has 1 aromatic carbocycles. The Hall–Kier alpha value is -4.17. The van der Waals surface area contributed by atoms with Crippen LogP contribution >= 0.6 is 0 Å². The number of carbonyl (C=O) groups is 1. The van der Waals surface area contributed by atoms with Crippen molar-refractivity contribution < 1.29 is 22.0 Å². The van der Waals surface area contributed by atoms with E-state index >= 15 is 4.39 Å². The number of carbonyl (C=O) groups excluding carboxylic acids is 1. The van der Waals surface area contributed by atoms with Gasteiger partial charge in [0.2, 0.25) is 15.8 Å². The molecule has 0 atom stereocenters. The minimum atomic E-state index is -4.07. The molecule has 0 amide bonds. The van der Waals surface area contributed by atoms with E-state index in [1.165, 1.54) is 43.0 Å². The number of halogens is 2. The lowest BCUT2D eigenvalue weighted by Crippen LogP contribution is -2.18. The van der Waals surface area contributed by atoms with Crippen molar-refractivity contribution in [3.05, 3.63) is 89.0 Å². The van der Waals surface area contributed by atoms with Gasteiger partial charge in [-0.3, -0.25) is 14.5 Å². The average Bonchev–Trinajstić information content (AvgIpc) is 3.19. The Kier molecular flexibility index (Phi) is 5.38. The van der Waals surface area contributed by atoms with Gasteiger partial charge in [0.05, 0.1) is 22.6 Å². The molecular weight excluding hydrogens is 440 g/mol. The number of aromatic nitrogens is 3. The molecule has 0 radical (unpaired) electrons. The first-order chi connectivity index (χ1) is 15.3. The Morgan fingerprint density at radius 2 is 1.94 bits per heavy atom. The first-order valence-electron chi connectivity index (χ1n) is 9.08. The third-order valence-corrected chi connectivity index (χ3v) is 5.84. The Morgan fingerprint density at radius 1 is 1.19 bits per heavy atom. The molecule has 32 heavy (non-hydrogen) atoms. The van der Waals surface area contributed by atoms with Crippen LogP contribution in [-0.2, 0) is 15.8 Å². The minimum absolute atomic E-state index is 0.112. The van der Waals surface area contributed by atoms with E-state index in [0.717, 1.165) is 12.1 Å². The third-order valence-electron chi connectivity index (χ3n) is 4.59. The van der Waals surface area contributed by atoms with Crippen molar-refractivity contribution in [1.29, 1.82) is 5.26 Å². The van der Waals surface area contributed by atoms with Crippen molar-refractivity contribution in [3.8, 4) is 6.07 Å². The molecule has 2 N–H and O–H groups in total. The monoisotopic (exact) mass is 453 g/mol. The summed E-state index contributed by atoms with van der Waals surface area (Å²) >= 11 is 0. The standard InChI is InChI=1S/C21H13F2N5O3S/c22-16-1-2-17(28-32(30,31)11-12-3-5-25-6-4-12)19(23)18(16)20(29)15-10-27-21-14(15)7-13(8-24)9-26-21/h1-7,9-10,28H,11H2,(H,26,27). The first-order valence-corrected chi connectivity index (χ1v) is 10.7. The summed E-state index contributed by atoms with van der Waals surface area (Å²) in [4.78, 5) is 23.5. The molecule has 160 valence electrons. The SMILES string of the molecule is N#Cc1cnc2[nH]cc(C(=O)c3c(F)ccc(NS(=O)(=O)Cc4ccncc4)c3F)c2c1. The molecule has 0 saturated heterocycles. The fourth-order valence-electron chi connectivity index (χ4n) is 3.13. The molecule has 4 rings (SSSR count). The highest BCUT2D eigenvalue weighted by atomic mass is 32.2. The highest BCUT2D eigenvalue weighted by molar-refractivity contribution is 7.91. The number of anilines is 1. The van der Waals surface area contributed by atoms with Crippen LogP contribution in [0.3, 0.4) is 0 Å². The van der Waals surface area contributed by atoms with Crippen LogP contribution in [0.1, 0.15) is 27.0 Å². The topological polar surface area (TPSA) is 129 Å². The molecule has 0 unspecified atom stereocenters. The number of rotatable bonds is 6. The predicted molar refractivity (Wildman–Crippen MR) is 111 cm³/mol. The summed E-state index contributed by atoms with van der Waals surface area (Å²) in [7, 11) is -4.07. The van der Waals surface area contributed by atoms with Gasteiger partial charge in [0, 0.05) is 35.7 Å². The number of hydrogen-bond acceptors (Lipinski definition) is 6. The maximum Gasteiger partial charge on any atom is 0.237 e. The van der Waals surface area contributed by atoms with Gasteiger partial charge in [-0.1, -0.05) is 0 Å². The van der Waals surface area contributed by atoms with Gasteiger partial charge < -0.3 is 4.98 Å². The molecule has 3 heterocycles. The molecule has 0 aliphatic carbocycles. The van der Waals surface area contributed by atoms with E-state index in [1.54, 1.807) is 0 Å². The lowest BCUT2D eigenvalue weighted by atomic mass is 10.0. The number of nitrogens with one attached hydrogen (secondary N) is 2. The van der Waals surface area contributed by atoms with E-state index < -0.39 is 44.4 Å². The normalized spacial score (nSPS) is 11.3. The number of sulfonamides is 1. The van der Waals surface area contributed by atoms with Gasteiger partial charge in [-0.05, 0) is 35.9 Å². The van der Waals surface area contributed by atoms with Crippen molar-refractivity contribution in [2.45, 2.75) is 5.75 Å². The van der Waals surface area contributed by atoms with E-state index in [9.17, 15) is 17.6 Å². The van der Waals surface area contributed by atoms with Gasteiger partial charge in [0.15, 0.2) is 5.82 Å². The number of nitriles is 1. The molecule has 4 aromatic rings. The third kappa shape index (κ3) is 4.03. The highest BCUT2D eigenvalue weighted by Gasteiger charge is 2.26. The van der Waals surface area contributed by atoms with Crippen LogP contribution in [0.15, 0.2) is 55.1 Å². The maximum atomic E-state index is 15.1. The zero-order chi connectivity index (χ0) is 22.9. The fourth-order valence-corrected chi connectivity index (χ4v) is 4.32. The van der Waals surface area contributed by atoms with Crippen LogP contribution in [0.2, 0.25) is 0 Å². The van der Waals surface area contributed by atoms with Crippen molar-refractivity contribution in [2.75, 3.05) is 4.72 Å². The molecule has 0 saturated carbocycles. The lowest BCUT2D eigenvalue weighted by Gasteiger charge is -2.12. The van der Waals surface area contributed by atoms with Gasteiger partial charge >= 0.3 is 0 Å². The molecular formula is C21H13F2N5O3S. The maximum absolute atomic E-state index is 15.1. The molecule has 0 aliphatic heterocycles. The van der Waals surface area contributed by atoms with Crippen molar-refractivity contribution in [2.24, 2.45) is 0 Å². The highest BCUT2D eigenvalue weighted by Crippen LogP contribution is 2.28. The Labute approximate surface area is 180 Å². The Morgan fingerprint density at radius 3 is 2.66 bits per heavy atom. The van der Waals surface area contributed by atoms with E-state index in [1.807, 2.05) is 6.07 Å². The van der Waals surface area contributed by atoms with Crippen LogP contribution in [0.25, 0.3) is 11.0 Å². The number of H-pyrrole nitrogens is 1. The number of aromatic amines is 1. The zero-order valence-corrected chi connectivity index (χ0v) is 17.0. The first kappa shape index (κ1) is 21.1. The lowest BCUT2D eigenvalue weighted by molar-refractivity contribution is 0.103. The minimum Gasteiger partial charge on any atom is -0.345 e. The van der Waals surface area contributed by atoms with Crippen molar-refractivity contribution >= 4 is 32.5 Å². The van der Waals surface area contributed by atoms with Crippen molar-refractivity contribution in [3.63, 3.8) is 0 Å². The average molecular weight is 453 g/mol. The van der Waals surface area contributed by atoms with Crippen LogP contribution in [0.5, 0.6) is 0 Å². The molecule has 0 spiro atoms. The van der Waals surface area contributed by atoms with Crippen LogP contribution in [0, 0.1) is 23.0 Å². The number of benzene rings is 1. The van der Waals surface area contributed by atoms with E-state index in [0.29, 0.717) is 5.56 Å². The second-order valence-corrected chi connectivity index (χ2v) is 8.49. The smallest absolute Gasteiger partial charge is 0.237 e. The number of ketones is 1. The summed E-state index contributed by atoms with van der Waals surface area (Å²) < 4.78 is 56.5. The molecule has 8 nitrogen and oxygen atoms in total. The van der Waals surface area contributed by atoms with Gasteiger partial charge in [-0.15, -0.1) is 0 Å². The van der Waals surface area contributed by atoms with Gasteiger partial charge in [-0.25, -0.2) is 22.2 Å². The van der Waals surface area contributed by atoms with Crippen molar-refractivity contribution in [1.82, 2.24) is 15.0 Å². The number of fused-ring (bicyclic) bond motifs is 1. The Balaban J connectivity index is 1.71. The molecule has 0 bridgehead atoms. The summed E-state index contributed by atoms with van der Waals surface area (Å²) in [6.45, 7) is 0. The second kappa shape index (κ2) is 8.16. The van der Waals surface area contributed by atoms with Crippen LogP contribution < -0.4 is 4.72 Å². The zero-order valence-electron chi connectivity index (χ0n) is 16.1. The molecule has 0 fully saturated rings. The molecule has 0 aliphatic rings.